The van der Waals surface area contributed by atoms with E-state index in [2.05, 4.69) is 15.3 Å². The Morgan fingerprint density at radius 3 is 2.61 bits per heavy atom. The Labute approximate surface area is 175 Å². The fourth-order valence-electron chi connectivity index (χ4n) is 3.18. The maximum Gasteiger partial charge on any atom is 0.257 e. The van der Waals surface area contributed by atoms with Gasteiger partial charge in [0.25, 0.3) is 5.56 Å². The lowest BCUT2D eigenvalue weighted by molar-refractivity contribution is -0.116. The maximum atomic E-state index is 12.8. The molecule has 1 aliphatic rings. The van der Waals surface area contributed by atoms with E-state index in [1.165, 1.54) is 11.8 Å². The van der Waals surface area contributed by atoms with E-state index in [1.54, 1.807) is 18.2 Å². The Kier molecular flexibility index (Phi) is 5.44. The summed E-state index contributed by atoms with van der Waals surface area (Å²) in [5.41, 5.74) is 2.08. The third kappa shape index (κ3) is 4.09. The van der Waals surface area contributed by atoms with Crippen LogP contribution in [0.5, 0.6) is 0 Å². The van der Waals surface area contributed by atoms with Crippen LogP contribution in [0.3, 0.4) is 0 Å². The van der Waals surface area contributed by atoms with Crippen LogP contribution in [-0.2, 0) is 10.5 Å². The number of aromatic nitrogens is 2. The summed E-state index contributed by atoms with van der Waals surface area (Å²) in [6.45, 7) is 0. The molecular weight excluding hydrogens is 417 g/mol. The largest absolute Gasteiger partial charge is 0.310 e. The number of anilines is 1. The number of nitrogens with one attached hydrogen (secondary N) is 2. The predicted molar refractivity (Wildman–Crippen MR) is 112 cm³/mol. The molecule has 0 fully saturated rings. The molecule has 0 saturated heterocycles. The van der Waals surface area contributed by atoms with Crippen molar-refractivity contribution >= 4 is 46.7 Å². The molecule has 5 nitrogen and oxygen atoms in total. The van der Waals surface area contributed by atoms with Gasteiger partial charge in [-0.05, 0) is 35.4 Å². The Bertz CT molecular complexity index is 1100. The Balaban J connectivity index is 1.65. The van der Waals surface area contributed by atoms with Gasteiger partial charge in [0.2, 0.25) is 5.91 Å². The van der Waals surface area contributed by atoms with Crippen molar-refractivity contribution in [1.82, 2.24) is 9.97 Å². The highest BCUT2D eigenvalue weighted by Crippen LogP contribution is 2.35. The summed E-state index contributed by atoms with van der Waals surface area (Å²) in [6, 6.07) is 14.7. The van der Waals surface area contributed by atoms with Crippen LogP contribution in [0.25, 0.3) is 0 Å². The van der Waals surface area contributed by atoms with Gasteiger partial charge in [0.15, 0.2) is 5.16 Å². The molecule has 1 unspecified atom stereocenters. The van der Waals surface area contributed by atoms with Crippen LogP contribution in [0.15, 0.2) is 58.5 Å². The number of hydrogen-bond acceptors (Lipinski definition) is 4. The van der Waals surface area contributed by atoms with E-state index >= 15 is 0 Å². The van der Waals surface area contributed by atoms with E-state index in [1.807, 2.05) is 30.3 Å². The number of fused-ring (bicyclic) bond motifs is 1. The highest BCUT2D eigenvalue weighted by atomic mass is 35.5. The molecule has 8 heteroatoms. The van der Waals surface area contributed by atoms with Gasteiger partial charge in [-0.2, -0.15) is 0 Å². The fraction of sp³-hybridized carbons (Fsp3) is 0.150. The first-order valence-electron chi connectivity index (χ1n) is 8.56. The van der Waals surface area contributed by atoms with Crippen molar-refractivity contribution in [3.05, 3.63) is 85.6 Å². The Hall–Kier alpha value is -2.28. The minimum atomic E-state index is -0.357. The third-order valence-corrected chi connectivity index (χ3v) is 5.90. The molecule has 142 valence electrons. The van der Waals surface area contributed by atoms with Crippen LogP contribution in [-0.4, -0.2) is 15.9 Å². The van der Waals surface area contributed by atoms with Gasteiger partial charge in [-0.1, -0.05) is 59.2 Å². The molecule has 2 N–H and O–H groups in total. The lowest BCUT2D eigenvalue weighted by Crippen LogP contribution is -2.31. The van der Waals surface area contributed by atoms with E-state index in [4.69, 9.17) is 23.2 Å². The topological polar surface area (TPSA) is 74.8 Å². The summed E-state index contributed by atoms with van der Waals surface area (Å²) in [7, 11) is 0. The third-order valence-electron chi connectivity index (χ3n) is 4.47. The molecule has 4 rings (SSSR count). The Morgan fingerprint density at radius 2 is 1.86 bits per heavy atom. The van der Waals surface area contributed by atoms with E-state index in [0.29, 0.717) is 32.3 Å². The van der Waals surface area contributed by atoms with Gasteiger partial charge in [-0.25, -0.2) is 4.98 Å². The predicted octanol–water partition coefficient (Wildman–Crippen LogP) is 4.84. The van der Waals surface area contributed by atoms with Gasteiger partial charge in [-0.3, -0.25) is 9.59 Å². The van der Waals surface area contributed by atoms with Gasteiger partial charge in [-0.15, -0.1) is 0 Å². The lowest BCUT2D eigenvalue weighted by atomic mass is 9.87. The lowest BCUT2D eigenvalue weighted by Gasteiger charge is -2.24. The number of hydrogen-bond donors (Lipinski definition) is 2. The van der Waals surface area contributed by atoms with Crippen LogP contribution in [0.1, 0.15) is 29.0 Å². The zero-order valence-corrected chi connectivity index (χ0v) is 16.9. The molecule has 1 atom stereocenters. The second kappa shape index (κ2) is 7.99. The van der Waals surface area contributed by atoms with Crippen LogP contribution in [0, 0.1) is 0 Å². The van der Waals surface area contributed by atoms with Gasteiger partial charge >= 0.3 is 0 Å². The monoisotopic (exact) mass is 431 g/mol. The molecule has 0 radical (unpaired) electrons. The quantitative estimate of drug-likeness (QED) is 0.457. The van der Waals surface area contributed by atoms with Crippen LogP contribution < -0.4 is 10.9 Å². The first kappa shape index (κ1) is 19.1. The van der Waals surface area contributed by atoms with E-state index in [0.717, 1.165) is 11.1 Å². The molecular formula is C20H15Cl2N3O2S. The molecule has 2 heterocycles. The number of nitrogens with zero attached hydrogens (tertiary/aromatic N) is 1. The molecule has 1 aromatic heterocycles. The van der Waals surface area contributed by atoms with Crippen molar-refractivity contribution in [3.8, 4) is 0 Å². The highest BCUT2D eigenvalue weighted by molar-refractivity contribution is 7.98. The second-order valence-corrected chi connectivity index (χ2v) is 8.25. The van der Waals surface area contributed by atoms with Gasteiger partial charge in [0.05, 0.1) is 5.56 Å². The normalized spacial score (nSPS) is 15.8. The number of halogens is 2. The van der Waals surface area contributed by atoms with Crippen LogP contribution in [0.2, 0.25) is 10.0 Å². The van der Waals surface area contributed by atoms with E-state index < -0.39 is 0 Å². The number of amides is 1. The second-order valence-electron chi connectivity index (χ2n) is 6.41. The smallest absolute Gasteiger partial charge is 0.257 e. The first-order valence-corrected chi connectivity index (χ1v) is 10.3. The average molecular weight is 432 g/mol. The number of benzene rings is 2. The van der Waals surface area contributed by atoms with Crippen molar-refractivity contribution in [3.63, 3.8) is 0 Å². The van der Waals surface area contributed by atoms with Crippen LogP contribution in [0.4, 0.5) is 5.82 Å². The fourth-order valence-corrected chi connectivity index (χ4v) is 4.32. The minimum absolute atomic E-state index is 0.170. The highest BCUT2D eigenvalue weighted by Gasteiger charge is 2.30. The summed E-state index contributed by atoms with van der Waals surface area (Å²) < 4.78 is 0. The number of thioether (sulfide) groups is 1. The minimum Gasteiger partial charge on any atom is -0.310 e. The van der Waals surface area contributed by atoms with Crippen molar-refractivity contribution in [2.75, 3.05) is 5.32 Å². The summed E-state index contributed by atoms with van der Waals surface area (Å²) in [4.78, 5) is 32.3. The molecule has 1 aliphatic heterocycles. The van der Waals surface area contributed by atoms with Crippen molar-refractivity contribution in [2.24, 2.45) is 0 Å². The van der Waals surface area contributed by atoms with E-state index in [9.17, 15) is 9.59 Å². The van der Waals surface area contributed by atoms with Gasteiger partial charge in [0, 0.05) is 28.1 Å². The van der Waals surface area contributed by atoms with Crippen molar-refractivity contribution in [1.29, 1.82) is 0 Å². The van der Waals surface area contributed by atoms with Crippen LogP contribution >= 0.6 is 35.0 Å². The van der Waals surface area contributed by atoms with Gasteiger partial charge < -0.3 is 10.3 Å². The molecule has 0 aliphatic carbocycles. The van der Waals surface area contributed by atoms with Crippen molar-refractivity contribution < 1.29 is 4.79 Å². The number of H-pyrrole nitrogens is 1. The maximum absolute atomic E-state index is 12.8. The first-order chi connectivity index (χ1) is 13.5. The average Bonchev–Trinajstić information content (AvgIpc) is 2.66. The Morgan fingerprint density at radius 1 is 1.07 bits per heavy atom. The summed E-state index contributed by atoms with van der Waals surface area (Å²) in [6.07, 6.45) is 0.189. The number of carbonyl (C=O) groups is 1. The summed E-state index contributed by atoms with van der Waals surface area (Å²) in [5, 5.41) is 4.43. The molecule has 1 amide bonds. The molecule has 0 bridgehead atoms. The molecule has 0 spiro atoms. The number of carbonyl (C=O) groups excluding carboxylic acids is 1. The van der Waals surface area contributed by atoms with Gasteiger partial charge in [0.1, 0.15) is 5.82 Å². The molecule has 2 aromatic carbocycles. The summed E-state index contributed by atoms with van der Waals surface area (Å²) in [5.74, 6) is 0.380. The summed E-state index contributed by atoms with van der Waals surface area (Å²) >= 11 is 13.3. The SMILES string of the molecule is O=C1CC(c2ccc(Cl)cc2)c2c(nc(SCc3cccc(Cl)c3)[nH]c2=O)N1. The molecule has 28 heavy (non-hydrogen) atoms. The number of rotatable bonds is 4. The zero-order valence-electron chi connectivity index (χ0n) is 14.5. The standard InChI is InChI=1S/C20H15Cl2N3O2S/c21-13-6-4-12(5-7-13)15-9-16(26)23-18-17(15)19(27)25-20(24-18)28-10-11-2-1-3-14(22)8-11/h1-8,15H,9-10H2,(H2,23,24,25,26,27). The number of aromatic amines is 1. The van der Waals surface area contributed by atoms with E-state index in [-0.39, 0.29) is 23.8 Å². The molecule has 3 aromatic rings. The zero-order chi connectivity index (χ0) is 19.7. The molecule has 0 saturated carbocycles. The van der Waals surface area contributed by atoms with Crippen molar-refractivity contribution in [2.45, 2.75) is 23.2 Å².